The number of amides is 1. The van der Waals surface area contributed by atoms with Crippen molar-refractivity contribution in [2.75, 3.05) is 12.4 Å². The van der Waals surface area contributed by atoms with E-state index >= 15 is 0 Å². The minimum atomic E-state index is -0.336. The number of hydrogen-bond acceptors (Lipinski definition) is 4. The van der Waals surface area contributed by atoms with Gasteiger partial charge in [0.25, 0.3) is 5.91 Å². The van der Waals surface area contributed by atoms with Gasteiger partial charge in [0, 0.05) is 17.3 Å². The molecule has 0 spiro atoms. The van der Waals surface area contributed by atoms with Gasteiger partial charge in [0.2, 0.25) is 0 Å². The maximum Gasteiger partial charge on any atom is 0.273 e. The second-order valence-electron chi connectivity index (χ2n) is 4.90. The van der Waals surface area contributed by atoms with E-state index in [1.54, 1.807) is 25.3 Å². The van der Waals surface area contributed by atoms with Gasteiger partial charge in [-0.3, -0.25) is 9.89 Å². The van der Waals surface area contributed by atoms with Crippen molar-refractivity contribution in [2.45, 2.75) is 0 Å². The second kappa shape index (κ2) is 6.23. The first-order valence-corrected chi connectivity index (χ1v) is 6.96. The van der Waals surface area contributed by atoms with E-state index in [1.165, 1.54) is 12.1 Å². The van der Waals surface area contributed by atoms with Gasteiger partial charge in [-0.1, -0.05) is 18.2 Å². The number of phenols is 1. The number of carbonyl (C=O) groups is 1. The fraction of sp³-hybridized carbons (Fsp3) is 0.0588. The van der Waals surface area contributed by atoms with Crippen LogP contribution >= 0.6 is 0 Å². The van der Waals surface area contributed by atoms with E-state index in [-0.39, 0.29) is 11.7 Å². The first kappa shape index (κ1) is 14.6. The molecule has 0 aliphatic rings. The summed E-state index contributed by atoms with van der Waals surface area (Å²) in [5.41, 5.74) is 2.32. The zero-order chi connectivity index (χ0) is 16.2. The monoisotopic (exact) mass is 309 g/mol. The fourth-order valence-corrected chi connectivity index (χ4v) is 2.15. The number of carbonyl (C=O) groups excluding carboxylic acids is 1. The summed E-state index contributed by atoms with van der Waals surface area (Å²) in [4.78, 5) is 12.2. The van der Waals surface area contributed by atoms with E-state index < -0.39 is 0 Å². The number of aromatic amines is 1. The van der Waals surface area contributed by atoms with Gasteiger partial charge in [0.05, 0.1) is 12.8 Å². The van der Waals surface area contributed by atoms with Crippen LogP contribution in [0.2, 0.25) is 0 Å². The third-order valence-corrected chi connectivity index (χ3v) is 3.29. The van der Waals surface area contributed by atoms with Gasteiger partial charge in [-0.05, 0) is 30.3 Å². The van der Waals surface area contributed by atoms with E-state index in [0.717, 1.165) is 11.3 Å². The van der Waals surface area contributed by atoms with Gasteiger partial charge in [-0.25, -0.2) is 0 Å². The molecule has 6 heteroatoms. The largest absolute Gasteiger partial charge is 0.508 e. The third-order valence-electron chi connectivity index (χ3n) is 3.29. The lowest BCUT2D eigenvalue weighted by molar-refractivity contribution is 0.102. The number of ether oxygens (including phenoxy) is 1. The normalized spacial score (nSPS) is 10.3. The number of nitrogens with zero attached hydrogens (tertiary/aromatic N) is 1. The molecule has 3 rings (SSSR count). The molecular formula is C17H15N3O3. The first-order chi connectivity index (χ1) is 11.2. The number of benzene rings is 2. The summed E-state index contributed by atoms with van der Waals surface area (Å²) in [5.74, 6) is 0.470. The highest BCUT2D eigenvalue weighted by atomic mass is 16.5. The van der Waals surface area contributed by atoms with Crippen LogP contribution in [0.1, 0.15) is 10.5 Å². The van der Waals surface area contributed by atoms with E-state index in [0.29, 0.717) is 17.1 Å². The smallest absolute Gasteiger partial charge is 0.273 e. The highest BCUT2D eigenvalue weighted by Gasteiger charge is 2.12. The Morgan fingerprint density at radius 1 is 1.17 bits per heavy atom. The Morgan fingerprint density at radius 3 is 2.78 bits per heavy atom. The topological polar surface area (TPSA) is 87.2 Å². The molecule has 2 aromatic carbocycles. The number of H-pyrrole nitrogens is 1. The lowest BCUT2D eigenvalue weighted by Gasteiger charge is -2.03. The Kier molecular flexibility index (Phi) is 3.97. The van der Waals surface area contributed by atoms with Crippen LogP contribution in [-0.4, -0.2) is 28.3 Å². The molecule has 0 saturated carbocycles. The van der Waals surface area contributed by atoms with Crippen molar-refractivity contribution in [3.8, 4) is 22.8 Å². The van der Waals surface area contributed by atoms with Crippen molar-refractivity contribution >= 4 is 11.6 Å². The molecule has 3 aromatic rings. The number of methoxy groups -OCH3 is 1. The van der Waals surface area contributed by atoms with E-state index in [9.17, 15) is 9.90 Å². The average molecular weight is 309 g/mol. The molecule has 0 bridgehead atoms. The second-order valence-corrected chi connectivity index (χ2v) is 4.90. The molecule has 1 heterocycles. The molecule has 0 aliphatic heterocycles. The van der Waals surface area contributed by atoms with Crippen molar-refractivity contribution in [1.82, 2.24) is 10.2 Å². The Morgan fingerprint density at radius 2 is 2.00 bits per heavy atom. The first-order valence-electron chi connectivity index (χ1n) is 6.96. The summed E-state index contributed by atoms with van der Waals surface area (Å²) < 4.78 is 5.18. The predicted molar refractivity (Wildman–Crippen MR) is 86.6 cm³/mol. The van der Waals surface area contributed by atoms with E-state index in [2.05, 4.69) is 15.5 Å². The van der Waals surface area contributed by atoms with E-state index in [4.69, 9.17) is 4.74 Å². The van der Waals surface area contributed by atoms with Crippen LogP contribution in [0.5, 0.6) is 11.5 Å². The summed E-state index contributed by atoms with van der Waals surface area (Å²) in [6, 6.07) is 15.4. The van der Waals surface area contributed by atoms with Crippen LogP contribution in [0.4, 0.5) is 5.69 Å². The summed E-state index contributed by atoms with van der Waals surface area (Å²) in [5, 5.41) is 19.0. The van der Waals surface area contributed by atoms with Gasteiger partial charge in [0.15, 0.2) is 0 Å². The number of aromatic hydroxyl groups is 1. The third kappa shape index (κ3) is 3.32. The molecule has 6 nitrogen and oxygen atoms in total. The lowest BCUT2D eigenvalue weighted by Crippen LogP contribution is -2.12. The highest BCUT2D eigenvalue weighted by Crippen LogP contribution is 2.23. The van der Waals surface area contributed by atoms with Crippen LogP contribution in [0.3, 0.4) is 0 Å². The SMILES string of the molecule is COc1cccc(-c2cc(C(=O)Nc3cccc(O)c3)[nH]n2)c1. The Bertz CT molecular complexity index is 842. The van der Waals surface area contributed by atoms with Crippen LogP contribution in [0.25, 0.3) is 11.3 Å². The van der Waals surface area contributed by atoms with Crippen molar-refractivity contribution < 1.29 is 14.6 Å². The molecule has 0 fully saturated rings. The maximum absolute atomic E-state index is 12.2. The molecule has 0 radical (unpaired) electrons. The fourth-order valence-electron chi connectivity index (χ4n) is 2.15. The number of phenolic OH excluding ortho intramolecular Hbond substituents is 1. The Hall–Kier alpha value is -3.28. The zero-order valence-electron chi connectivity index (χ0n) is 12.4. The van der Waals surface area contributed by atoms with Gasteiger partial charge in [0.1, 0.15) is 17.2 Å². The van der Waals surface area contributed by atoms with Gasteiger partial charge in [-0.15, -0.1) is 0 Å². The van der Waals surface area contributed by atoms with E-state index in [1.807, 2.05) is 24.3 Å². The summed E-state index contributed by atoms with van der Waals surface area (Å²) in [7, 11) is 1.60. The molecule has 3 N–H and O–H groups in total. The Balaban J connectivity index is 1.79. The molecule has 1 aromatic heterocycles. The van der Waals surface area contributed by atoms with Crippen LogP contribution in [0.15, 0.2) is 54.6 Å². The van der Waals surface area contributed by atoms with Crippen molar-refractivity contribution in [3.05, 3.63) is 60.3 Å². The average Bonchev–Trinajstić information content (AvgIpc) is 3.05. The van der Waals surface area contributed by atoms with Gasteiger partial charge < -0.3 is 15.2 Å². The molecule has 0 unspecified atom stereocenters. The molecule has 0 aliphatic carbocycles. The van der Waals surface area contributed by atoms with Crippen LogP contribution in [0, 0.1) is 0 Å². The molecule has 0 atom stereocenters. The minimum absolute atomic E-state index is 0.0875. The molecule has 0 saturated heterocycles. The number of aromatic nitrogens is 2. The van der Waals surface area contributed by atoms with Crippen molar-refractivity contribution in [3.63, 3.8) is 0 Å². The number of hydrogen-bond donors (Lipinski definition) is 3. The molecular weight excluding hydrogens is 294 g/mol. The quantitative estimate of drug-likeness (QED) is 0.691. The highest BCUT2D eigenvalue weighted by molar-refractivity contribution is 6.03. The molecule has 116 valence electrons. The van der Waals surface area contributed by atoms with Gasteiger partial charge in [-0.2, -0.15) is 5.10 Å². The van der Waals surface area contributed by atoms with Crippen LogP contribution in [-0.2, 0) is 0 Å². The summed E-state index contributed by atoms with van der Waals surface area (Å²) in [6.45, 7) is 0. The minimum Gasteiger partial charge on any atom is -0.508 e. The zero-order valence-corrected chi connectivity index (χ0v) is 12.4. The van der Waals surface area contributed by atoms with Gasteiger partial charge >= 0.3 is 0 Å². The molecule has 23 heavy (non-hydrogen) atoms. The number of rotatable bonds is 4. The number of nitrogens with one attached hydrogen (secondary N) is 2. The standard InChI is InChI=1S/C17H15N3O3/c1-23-14-7-2-4-11(8-14)15-10-16(20-19-15)17(22)18-12-5-3-6-13(21)9-12/h2-10,21H,1H3,(H,18,22)(H,19,20). The Labute approximate surface area is 132 Å². The number of anilines is 1. The van der Waals surface area contributed by atoms with Crippen molar-refractivity contribution in [1.29, 1.82) is 0 Å². The van der Waals surface area contributed by atoms with Crippen molar-refractivity contribution in [2.24, 2.45) is 0 Å². The molecule has 1 amide bonds. The predicted octanol–water partition coefficient (Wildman–Crippen LogP) is 3.04. The summed E-state index contributed by atoms with van der Waals surface area (Å²) >= 11 is 0. The maximum atomic E-state index is 12.2. The lowest BCUT2D eigenvalue weighted by atomic mass is 10.1. The summed E-state index contributed by atoms with van der Waals surface area (Å²) in [6.07, 6.45) is 0. The van der Waals surface area contributed by atoms with Crippen LogP contribution < -0.4 is 10.1 Å².